The Hall–Kier alpha value is -2.89. The molecule has 6 nitrogen and oxygen atoms in total. The molecule has 0 N–H and O–H groups in total. The van der Waals surface area contributed by atoms with E-state index in [0.29, 0.717) is 19.7 Å². The summed E-state index contributed by atoms with van der Waals surface area (Å²) in [5.41, 5.74) is 4.90. The molecule has 0 aromatic heterocycles. The number of Topliss-reactive ketones (excluding diaryl/α,β-unsaturated/α-hetero) is 1. The van der Waals surface area contributed by atoms with Crippen LogP contribution in [0.3, 0.4) is 0 Å². The number of anilines is 1. The van der Waals surface area contributed by atoms with E-state index in [1.807, 2.05) is 56.2 Å². The van der Waals surface area contributed by atoms with E-state index in [0.717, 1.165) is 33.7 Å². The van der Waals surface area contributed by atoms with Crippen LogP contribution in [0.25, 0.3) is 0 Å². The number of ketones is 1. The molecule has 2 aromatic carbocycles. The van der Waals surface area contributed by atoms with E-state index < -0.39 is 0 Å². The Balaban J connectivity index is 1.80. The first-order valence-corrected chi connectivity index (χ1v) is 8.75. The summed E-state index contributed by atoms with van der Waals surface area (Å²) in [7, 11) is 1.89. The van der Waals surface area contributed by atoms with Gasteiger partial charge in [-0.3, -0.25) is 9.80 Å². The van der Waals surface area contributed by atoms with E-state index in [4.69, 9.17) is 4.74 Å². The zero-order valence-corrected chi connectivity index (χ0v) is 15.7. The second-order valence-electron chi connectivity index (χ2n) is 6.50. The van der Waals surface area contributed by atoms with E-state index in [2.05, 4.69) is 23.4 Å². The van der Waals surface area contributed by atoms with Crippen LogP contribution in [-0.2, 0) is 6.61 Å². The SMILES string of the molecule is CCC(=O)c1ccc(OCc2c(C)cccc2N2CN(C)N=N2)c(C)c1. The van der Waals surface area contributed by atoms with Crippen LogP contribution < -0.4 is 9.75 Å². The molecule has 1 aliphatic heterocycles. The first kappa shape index (κ1) is 17.9. The molecule has 6 heteroatoms. The minimum absolute atomic E-state index is 0.143. The molecule has 1 aliphatic rings. The van der Waals surface area contributed by atoms with Gasteiger partial charge in [0.1, 0.15) is 19.0 Å². The van der Waals surface area contributed by atoms with Crippen molar-refractivity contribution in [2.75, 3.05) is 18.7 Å². The molecule has 2 aromatic rings. The van der Waals surface area contributed by atoms with Gasteiger partial charge in [0.15, 0.2) is 5.78 Å². The predicted octanol–water partition coefficient (Wildman–Crippen LogP) is 4.47. The number of benzene rings is 2. The van der Waals surface area contributed by atoms with E-state index in [9.17, 15) is 4.79 Å². The number of aryl methyl sites for hydroxylation is 2. The van der Waals surface area contributed by atoms with Crippen molar-refractivity contribution in [2.24, 2.45) is 10.4 Å². The quantitative estimate of drug-likeness (QED) is 0.720. The first-order valence-electron chi connectivity index (χ1n) is 8.75. The molecule has 0 radical (unpaired) electrons. The Morgan fingerprint density at radius 1 is 1.15 bits per heavy atom. The molecule has 26 heavy (non-hydrogen) atoms. The van der Waals surface area contributed by atoms with Crippen molar-refractivity contribution in [3.8, 4) is 5.75 Å². The number of carbonyl (C=O) groups excluding carboxylic acids is 1. The Kier molecular flexibility index (Phi) is 5.21. The molecule has 0 spiro atoms. The molecule has 0 amide bonds. The van der Waals surface area contributed by atoms with Crippen LogP contribution in [0, 0.1) is 13.8 Å². The highest BCUT2D eigenvalue weighted by atomic mass is 16.5. The lowest BCUT2D eigenvalue weighted by Crippen LogP contribution is -2.23. The third-order valence-corrected chi connectivity index (χ3v) is 4.49. The van der Waals surface area contributed by atoms with Gasteiger partial charge < -0.3 is 4.74 Å². The summed E-state index contributed by atoms with van der Waals surface area (Å²) in [6, 6.07) is 11.7. The van der Waals surface area contributed by atoms with Gasteiger partial charge in [-0.05, 0) is 54.5 Å². The summed E-state index contributed by atoms with van der Waals surface area (Å²) in [6.07, 6.45) is 0.505. The second-order valence-corrected chi connectivity index (χ2v) is 6.50. The number of carbonyl (C=O) groups is 1. The van der Waals surface area contributed by atoms with Crippen molar-refractivity contribution in [1.82, 2.24) is 5.01 Å². The Bertz CT molecular complexity index is 848. The molecule has 0 fully saturated rings. The van der Waals surface area contributed by atoms with Gasteiger partial charge in [-0.2, -0.15) is 0 Å². The van der Waals surface area contributed by atoms with Crippen LogP contribution in [0.5, 0.6) is 5.75 Å². The van der Waals surface area contributed by atoms with E-state index in [-0.39, 0.29) is 5.78 Å². The predicted molar refractivity (Wildman–Crippen MR) is 101 cm³/mol. The van der Waals surface area contributed by atoms with E-state index >= 15 is 0 Å². The van der Waals surface area contributed by atoms with Gasteiger partial charge in [0.05, 0.1) is 5.69 Å². The smallest absolute Gasteiger partial charge is 0.162 e. The van der Waals surface area contributed by atoms with Crippen molar-refractivity contribution in [3.63, 3.8) is 0 Å². The molecule has 0 unspecified atom stereocenters. The summed E-state index contributed by atoms with van der Waals surface area (Å²) in [6.45, 7) is 6.94. The second kappa shape index (κ2) is 7.56. The molecule has 0 bridgehead atoms. The van der Waals surface area contributed by atoms with Gasteiger partial charge in [-0.1, -0.05) is 24.3 Å². The van der Waals surface area contributed by atoms with Crippen molar-refractivity contribution in [1.29, 1.82) is 0 Å². The van der Waals surface area contributed by atoms with E-state index in [1.54, 1.807) is 5.01 Å². The maximum Gasteiger partial charge on any atom is 0.162 e. The molecule has 0 saturated heterocycles. The van der Waals surface area contributed by atoms with Gasteiger partial charge in [-0.25, -0.2) is 5.01 Å². The van der Waals surface area contributed by atoms with Crippen LogP contribution >= 0.6 is 0 Å². The molecular formula is C20H24N4O2. The van der Waals surface area contributed by atoms with Crippen LogP contribution in [0.2, 0.25) is 0 Å². The molecule has 1 heterocycles. The third-order valence-electron chi connectivity index (χ3n) is 4.49. The fourth-order valence-corrected chi connectivity index (χ4v) is 2.95. The molecule has 3 rings (SSSR count). The Labute approximate surface area is 154 Å². The third kappa shape index (κ3) is 3.69. The molecule has 136 valence electrons. The first-order chi connectivity index (χ1) is 12.5. The highest BCUT2D eigenvalue weighted by Gasteiger charge is 2.19. The fourth-order valence-electron chi connectivity index (χ4n) is 2.95. The van der Waals surface area contributed by atoms with Crippen LogP contribution in [0.1, 0.15) is 40.4 Å². The number of rotatable bonds is 6. The lowest BCUT2D eigenvalue weighted by Gasteiger charge is -2.20. The summed E-state index contributed by atoms with van der Waals surface area (Å²) >= 11 is 0. The average Bonchev–Trinajstić information content (AvgIpc) is 3.07. The highest BCUT2D eigenvalue weighted by molar-refractivity contribution is 5.96. The zero-order chi connectivity index (χ0) is 18.7. The minimum Gasteiger partial charge on any atom is -0.489 e. The monoisotopic (exact) mass is 352 g/mol. The van der Waals surface area contributed by atoms with Gasteiger partial charge in [0, 0.05) is 24.6 Å². The van der Waals surface area contributed by atoms with Crippen LogP contribution in [0.4, 0.5) is 5.69 Å². The van der Waals surface area contributed by atoms with Crippen LogP contribution in [-0.4, -0.2) is 24.5 Å². The van der Waals surface area contributed by atoms with Crippen molar-refractivity contribution in [2.45, 2.75) is 33.8 Å². The number of hydrogen-bond donors (Lipinski definition) is 0. The Morgan fingerprint density at radius 2 is 1.96 bits per heavy atom. The maximum absolute atomic E-state index is 11.8. The van der Waals surface area contributed by atoms with Crippen molar-refractivity contribution in [3.05, 3.63) is 58.7 Å². The minimum atomic E-state index is 0.143. The molecule has 0 atom stereocenters. The fraction of sp³-hybridized carbons (Fsp3) is 0.350. The average molecular weight is 352 g/mol. The molecular weight excluding hydrogens is 328 g/mol. The van der Waals surface area contributed by atoms with Gasteiger partial charge in [-0.15, -0.1) is 0 Å². The van der Waals surface area contributed by atoms with Crippen molar-refractivity contribution >= 4 is 11.5 Å². The largest absolute Gasteiger partial charge is 0.489 e. The summed E-state index contributed by atoms with van der Waals surface area (Å²) in [4.78, 5) is 11.8. The van der Waals surface area contributed by atoms with Gasteiger partial charge >= 0.3 is 0 Å². The van der Waals surface area contributed by atoms with Crippen molar-refractivity contribution < 1.29 is 9.53 Å². The van der Waals surface area contributed by atoms with Gasteiger partial charge in [0.2, 0.25) is 0 Å². The number of hydrogen-bond acceptors (Lipinski definition) is 6. The summed E-state index contributed by atoms with van der Waals surface area (Å²) in [5.74, 6) is 0.927. The number of nitrogens with zero attached hydrogens (tertiary/aromatic N) is 4. The highest BCUT2D eigenvalue weighted by Crippen LogP contribution is 2.29. The Morgan fingerprint density at radius 3 is 2.62 bits per heavy atom. The van der Waals surface area contributed by atoms with E-state index in [1.165, 1.54) is 0 Å². The standard InChI is InChI=1S/C20H24N4O2/c1-5-19(25)16-9-10-20(15(3)11-16)26-12-17-14(2)7-6-8-18(17)24-13-23(4)21-22-24/h6-11H,5,12-13H2,1-4H3. The topological polar surface area (TPSA) is 57.5 Å². The lowest BCUT2D eigenvalue weighted by molar-refractivity contribution is 0.0988. The van der Waals surface area contributed by atoms with Gasteiger partial charge in [0.25, 0.3) is 0 Å². The maximum atomic E-state index is 11.8. The normalized spacial score (nSPS) is 13.4. The summed E-state index contributed by atoms with van der Waals surface area (Å²) < 4.78 is 6.08. The summed E-state index contributed by atoms with van der Waals surface area (Å²) in [5, 5.41) is 11.9. The van der Waals surface area contributed by atoms with Crippen LogP contribution in [0.15, 0.2) is 46.8 Å². The molecule has 0 saturated carbocycles. The number of ether oxygens (including phenoxy) is 1. The molecule has 0 aliphatic carbocycles. The zero-order valence-electron chi connectivity index (χ0n) is 15.7. The lowest BCUT2D eigenvalue weighted by atomic mass is 10.1.